The second kappa shape index (κ2) is 9.10. The van der Waals surface area contributed by atoms with E-state index in [-0.39, 0.29) is 18.3 Å². The van der Waals surface area contributed by atoms with Crippen LogP contribution in [0.25, 0.3) is 0 Å². The van der Waals surface area contributed by atoms with Gasteiger partial charge in [0.2, 0.25) is 0 Å². The molecule has 4 rings (SSSR count). The molecule has 0 atom stereocenters. The third-order valence-corrected chi connectivity index (χ3v) is 6.35. The fraction of sp³-hybridized carbons (Fsp3) is 0.458. The molecule has 0 radical (unpaired) electrons. The van der Waals surface area contributed by atoms with Crippen LogP contribution >= 0.6 is 0 Å². The monoisotopic (exact) mass is 451 g/mol. The third kappa shape index (κ3) is 5.06. The molecule has 8 heteroatoms. The van der Waals surface area contributed by atoms with E-state index in [9.17, 15) is 22.4 Å². The van der Waals surface area contributed by atoms with Crippen molar-refractivity contribution in [2.75, 3.05) is 13.1 Å². The molecule has 0 bridgehead atoms. The maximum Gasteiger partial charge on any atom is 0.416 e. The zero-order valence-corrected chi connectivity index (χ0v) is 17.5. The number of nitrogens with zero attached hydrogens (tertiary/aromatic N) is 1. The van der Waals surface area contributed by atoms with E-state index in [1.807, 2.05) is 4.90 Å². The van der Waals surface area contributed by atoms with Crippen LogP contribution in [-0.2, 0) is 24.1 Å². The largest absolute Gasteiger partial charge is 0.489 e. The van der Waals surface area contributed by atoms with Crippen molar-refractivity contribution in [1.82, 2.24) is 4.90 Å². The predicted molar refractivity (Wildman–Crippen MR) is 110 cm³/mol. The average Bonchev–Trinajstić information content (AvgIpc) is 3.23. The van der Waals surface area contributed by atoms with E-state index < -0.39 is 29.4 Å². The van der Waals surface area contributed by atoms with E-state index in [1.165, 1.54) is 12.1 Å². The summed E-state index contributed by atoms with van der Waals surface area (Å²) >= 11 is 0. The number of likely N-dealkylation sites (tertiary alicyclic amines) is 1. The van der Waals surface area contributed by atoms with Gasteiger partial charge in [0.05, 0.1) is 11.5 Å². The van der Waals surface area contributed by atoms with Crippen LogP contribution in [0.3, 0.4) is 0 Å². The van der Waals surface area contributed by atoms with Gasteiger partial charge in [-0.25, -0.2) is 4.39 Å². The molecule has 1 aliphatic carbocycles. The quantitative estimate of drug-likeness (QED) is 0.557. The highest BCUT2D eigenvalue weighted by Crippen LogP contribution is 2.42. The number of ether oxygens (including phenoxy) is 1. The van der Waals surface area contributed by atoms with Gasteiger partial charge in [-0.05, 0) is 48.1 Å². The highest BCUT2D eigenvalue weighted by molar-refractivity contribution is 5.71. The summed E-state index contributed by atoms with van der Waals surface area (Å²) in [6.07, 6.45) is -1.03. The number of hydrogen-bond acceptors (Lipinski definition) is 3. The van der Waals surface area contributed by atoms with Crippen LogP contribution < -0.4 is 4.74 Å². The lowest BCUT2D eigenvalue weighted by atomic mass is 9.92. The third-order valence-electron chi connectivity index (χ3n) is 6.35. The maximum atomic E-state index is 14.5. The van der Waals surface area contributed by atoms with Gasteiger partial charge < -0.3 is 9.84 Å². The Labute approximate surface area is 183 Å². The lowest BCUT2D eigenvalue weighted by Crippen LogP contribution is -2.49. The number of rotatable bonds is 7. The summed E-state index contributed by atoms with van der Waals surface area (Å²) in [7, 11) is 0. The lowest BCUT2D eigenvalue weighted by molar-refractivity contribution is -0.147. The van der Waals surface area contributed by atoms with E-state index in [0.717, 1.165) is 31.7 Å². The molecule has 0 aromatic heterocycles. The van der Waals surface area contributed by atoms with E-state index in [2.05, 4.69) is 0 Å². The first-order valence-electron chi connectivity index (χ1n) is 10.8. The smallest absolute Gasteiger partial charge is 0.416 e. The molecule has 2 aromatic carbocycles. The van der Waals surface area contributed by atoms with Crippen LogP contribution in [0, 0.1) is 11.7 Å². The van der Waals surface area contributed by atoms with Crippen LogP contribution in [0.1, 0.15) is 53.9 Å². The van der Waals surface area contributed by atoms with E-state index >= 15 is 0 Å². The van der Waals surface area contributed by atoms with Crippen LogP contribution in [0.5, 0.6) is 5.75 Å². The number of aliphatic carboxylic acids is 1. The molecule has 1 aliphatic heterocycles. The van der Waals surface area contributed by atoms with Gasteiger partial charge in [-0.2, -0.15) is 13.2 Å². The first kappa shape index (κ1) is 22.6. The Balaban J connectivity index is 1.40. The Morgan fingerprint density at radius 2 is 1.81 bits per heavy atom. The fourth-order valence-electron chi connectivity index (χ4n) is 4.54. The Morgan fingerprint density at radius 1 is 1.09 bits per heavy atom. The molecule has 2 aliphatic rings. The van der Waals surface area contributed by atoms with Crippen molar-refractivity contribution >= 4 is 5.97 Å². The van der Waals surface area contributed by atoms with Crippen molar-refractivity contribution in [2.24, 2.45) is 5.92 Å². The number of carbonyl (C=O) groups is 1. The Hall–Kier alpha value is -2.61. The summed E-state index contributed by atoms with van der Waals surface area (Å²) in [6.45, 7) is 1.03. The second-order valence-electron chi connectivity index (χ2n) is 8.67. The lowest BCUT2D eigenvalue weighted by Gasteiger charge is -2.36. The summed E-state index contributed by atoms with van der Waals surface area (Å²) in [4.78, 5) is 12.7. The molecule has 0 spiro atoms. The molecule has 1 N–H and O–H groups in total. The van der Waals surface area contributed by atoms with Gasteiger partial charge in [0.1, 0.15) is 18.2 Å². The number of carboxylic acids is 1. The molecular formula is C24H25F4NO3. The molecule has 0 amide bonds. The fourth-order valence-corrected chi connectivity index (χ4v) is 4.54. The normalized spacial score (nSPS) is 18.0. The van der Waals surface area contributed by atoms with Crippen molar-refractivity contribution in [3.05, 3.63) is 64.5 Å². The second-order valence-corrected chi connectivity index (χ2v) is 8.67. The molecule has 4 nitrogen and oxygen atoms in total. The number of carboxylic acid groups (broad SMARTS) is 1. The molecule has 2 aromatic rings. The van der Waals surface area contributed by atoms with Crippen molar-refractivity contribution < 1.29 is 32.2 Å². The van der Waals surface area contributed by atoms with Gasteiger partial charge in [-0.1, -0.05) is 31.0 Å². The van der Waals surface area contributed by atoms with Crippen LogP contribution in [0.15, 0.2) is 36.4 Å². The topological polar surface area (TPSA) is 49.8 Å². The molecule has 2 fully saturated rings. The summed E-state index contributed by atoms with van der Waals surface area (Å²) in [5, 5.41) is 8.92. The van der Waals surface area contributed by atoms with E-state index in [1.54, 1.807) is 18.2 Å². The first-order chi connectivity index (χ1) is 15.2. The van der Waals surface area contributed by atoms with Crippen molar-refractivity contribution in [2.45, 2.75) is 50.9 Å². The number of alkyl halides is 3. The number of halogens is 4. The van der Waals surface area contributed by atoms with Crippen molar-refractivity contribution in [1.29, 1.82) is 0 Å². The summed E-state index contributed by atoms with van der Waals surface area (Å²) in [5.41, 5.74) is 0.621. The van der Waals surface area contributed by atoms with Gasteiger partial charge in [0.25, 0.3) is 0 Å². The minimum Gasteiger partial charge on any atom is -0.489 e. The molecule has 172 valence electrons. The molecule has 32 heavy (non-hydrogen) atoms. The van der Waals surface area contributed by atoms with Gasteiger partial charge in [-0.3, -0.25) is 9.69 Å². The predicted octanol–water partition coefficient (Wildman–Crippen LogP) is 5.60. The molecule has 1 saturated heterocycles. The SMILES string of the molecule is O=C(O)C1CN(Cc2ccc(COc3ccc(C4CCCC4)c(C(F)(F)F)c3)cc2F)C1. The number of benzene rings is 2. The van der Waals surface area contributed by atoms with Crippen LogP contribution in [0.4, 0.5) is 17.6 Å². The Bertz CT molecular complexity index is 980. The summed E-state index contributed by atoms with van der Waals surface area (Å²) in [5.74, 6) is -1.67. The minimum absolute atomic E-state index is 0.0535. The van der Waals surface area contributed by atoms with Crippen molar-refractivity contribution in [3.63, 3.8) is 0 Å². The zero-order chi connectivity index (χ0) is 22.9. The van der Waals surface area contributed by atoms with Crippen molar-refractivity contribution in [3.8, 4) is 5.75 Å². The van der Waals surface area contributed by atoms with E-state index in [4.69, 9.17) is 9.84 Å². The molecular weight excluding hydrogens is 426 g/mol. The van der Waals surface area contributed by atoms with Gasteiger partial charge in [0, 0.05) is 25.2 Å². The zero-order valence-electron chi connectivity index (χ0n) is 17.5. The molecule has 0 unspecified atom stereocenters. The average molecular weight is 451 g/mol. The standard InChI is InChI=1S/C24H25F4NO3/c25-22-9-15(5-6-17(22)11-29-12-18(13-29)23(30)31)14-32-19-7-8-20(16-3-1-2-4-16)21(10-19)24(26,27)28/h5-10,16,18H,1-4,11-14H2,(H,30,31). The highest BCUT2D eigenvalue weighted by Gasteiger charge is 2.36. The Kier molecular flexibility index (Phi) is 6.42. The Morgan fingerprint density at radius 3 is 2.44 bits per heavy atom. The molecule has 1 heterocycles. The minimum atomic E-state index is -4.46. The highest BCUT2D eigenvalue weighted by atomic mass is 19.4. The first-order valence-corrected chi connectivity index (χ1v) is 10.8. The van der Waals surface area contributed by atoms with Crippen LogP contribution in [-0.4, -0.2) is 29.1 Å². The summed E-state index contributed by atoms with van der Waals surface area (Å²) < 4.78 is 60.8. The maximum absolute atomic E-state index is 14.5. The number of hydrogen-bond donors (Lipinski definition) is 1. The van der Waals surface area contributed by atoms with Crippen LogP contribution in [0.2, 0.25) is 0 Å². The van der Waals surface area contributed by atoms with Gasteiger partial charge in [-0.15, -0.1) is 0 Å². The van der Waals surface area contributed by atoms with Gasteiger partial charge in [0.15, 0.2) is 0 Å². The molecule has 1 saturated carbocycles. The van der Waals surface area contributed by atoms with E-state index in [0.29, 0.717) is 36.3 Å². The van der Waals surface area contributed by atoms with Gasteiger partial charge >= 0.3 is 12.1 Å². The summed E-state index contributed by atoms with van der Waals surface area (Å²) in [6, 6.07) is 8.69.